The number of hydrogen-bond donors (Lipinski definition) is 5. The average Bonchev–Trinajstić information content (AvgIpc) is 3.12. The molecule has 0 unspecified atom stereocenters. The molecule has 0 spiro atoms. The van der Waals surface area contributed by atoms with Crippen molar-refractivity contribution in [2.24, 2.45) is 5.73 Å². The number of aryl methyl sites for hydroxylation is 1. The minimum absolute atomic E-state index is 0.104. The second-order valence-corrected chi connectivity index (χ2v) is 8.70. The number of aromatic nitrogens is 3. The number of primary amides is 1. The van der Waals surface area contributed by atoms with E-state index >= 15 is 0 Å². The molecule has 6 N–H and O–H groups in total. The molecule has 1 aromatic heterocycles. The maximum atomic E-state index is 12.6. The van der Waals surface area contributed by atoms with E-state index in [0.717, 1.165) is 11.6 Å². The zero-order valence-electron chi connectivity index (χ0n) is 16.5. The van der Waals surface area contributed by atoms with Crippen molar-refractivity contribution in [3.05, 3.63) is 41.7 Å². The van der Waals surface area contributed by atoms with Crippen molar-refractivity contribution in [1.82, 2.24) is 19.9 Å². The molecule has 0 saturated heterocycles. The Morgan fingerprint density at radius 3 is 2.43 bits per heavy atom. The van der Waals surface area contributed by atoms with Gasteiger partial charge >= 0.3 is 0 Å². The van der Waals surface area contributed by atoms with Crippen LogP contribution in [0, 0.1) is 6.92 Å². The number of amides is 1. The van der Waals surface area contributed by atoms with Gasteiger partial charge in [-0.1, -0.05) is 12.1 Å². The first-order valence-electron chi connectivity index (χ1n) is 8.91. The highest BCUT2D eigenvalue weighted by Gasteiger charge is 2.23. The van der Waals surface area contributed by atoms with E-state index in [1.807, 2.05) is 0 Å². The number of phenols is 2. The van der Waals surface area contributed by atoms with Crippen molar-refractivity contribution in [3.63, 3.8) is 0 Å². The van der Waals surface area contributed by atoms with E-state index in [4.69, 9.17) is 5.73 Å². The molecule has 3 rings (SSSR count). The Kier molecular flexibility index (Phi) is 5.51. The van der Waals surface area contributed by atoms with Gasteiger partial charge in [-0.3, -0.25) is 9.89 Å². The summed E-state index contributed by atoms with van der Waals surface area (Å²) in [5, 5.41) is 26.9. The average molecular weight is 431 g/mol. The fraction of sp³-hybridized carbons (Fsp3) is 0.211. The van der Waals surface area contributed by atoms with Crippen LogP contribution in [0.1, 0.15) is 30.0 Å². The normalized spacial score (nSPS) is 11.7. The van der Waals surface area contributed by atoms with Gasteiger partial charge < -0.3 is 15.9 Å². The number of sulfonamides is 1. The molecule has 30 heavy (non-hydrogen) atoms. The van der Waals surface area contributed by atoms with Crippen molar-refractivity contribution in [2.75, 3.05) is 0 Å². The largest absolute Gasteiger partial charge is 0.507 e. The zero-order chi connectivity index (χ0) is 22.2. The molecule has 3 aromatic rings. The number of carbonyl (C=O) groups excluding carboxylic acids is 1. The Balaban J connectivity index is 2.15. The van der Waals surface area contributed by atoms with Gasteiger partial charge in [0.05, 0.1) is 0 Å². The summed E-state index contributed by atoms with van der Waals surface area (Å²) in [6, 6.07) is 6.88. The third-order valence-corrected chi connectivity index (χ3v) is 5.95. The van der Waals surface area contributed by atoms with Gasteiger partial charge in [-0.05, 0) is 44.0 Å². The summed E-state index contributed by atoms with van der Waals surface area (Å²) in [6.45, 7) is 5.08. The topological polar surface area (TPSA) is 171 Å². The second kappa shape index (κ2) is 7.76. The van der Waals surface area contributed by atoms with Crippen molar-refractivity contribution in [1.29, 1.82) is 0 Å². The first-order valence-corrected chi connectivity index (χ1v) is 10.4. The maximum Gasteiger partial charge on any atom is 0.286 e. The Labute approximate surface area is 172 Å². The molecular formula is C19H21N5O5S. The highest BCUT2D eigenvalue weighted by Crippen LogP contribution is 2.39. The van der Waals surface area contributed by atoms with Crippen LogP contribution in [0.25, 0.3) is 22.5 Å². The van der Waals surface area contributed by atoms with Crippen LogP contribution in [-0.2, 0) is 10.0 Å². The van der Waals surface area contributed by atoms with Crippen LogP contribution in [0.2, 0.25) is 0 Å². The molecule has 158 valence electrons. The van der Waals surface area contributed by atoms with Gasteiger partial charge in [0.2, 0.25) is 15.8 Å². The smallest absolute Gasteiger partial charge is 0.286 e. The first kappa shape index (κ1) is 21.3. The molecule has 0 bridgehead atoms. The van der Waals surface area contributed by atoms with Crippen molar-refractivity contribution < 1.29 is 23.4 Å². The number of aromatic amines is 1. The molecule has 11 heteroatoms. The molecule has 0 aliphatic carbocycles. The second-order valence-electron chi connectivity index (χ2n) is 7.01. The predicted octanol–water partition coefficient (Wildman–Crippen LogP) is 1.64. The fourth-order valence-electron chi connectivity index (χ4n) is 2.91. The summed E-state index contributed by atoms with van der Waals surface area (Å²) in [6.07, 6.45) is 0. The lowest BCUT2D eigenvalue weighted by Crippen LogP contribution is -2.30. The van der Waals surface area contributed by atoms with Gasteiger partial charge in [0.1, 0.15) is 16.4 Å². The van der Waals surface area contributed by atoms with E-state index in [9.17, 15) is 23.4 Å². The van der Waals surface area contributed by atoms with E-state index in [-0.39, 0.29) is 33.9 Å². The van der Waals surface area contributed by atoms with Gasteiger partial charge in [0, 0.05) is 23.2 Å². The first-order chi connectivity index (χ1) is 14.0. The molecule has 0 aliphatic heterocycles. The van der Waals surface area contributed by atoms with Crippen LogP contribution in [0.5, 0.6) is 11.5 Å². The lowest BCUT2D eigenvalue weighted by Gasteiger charge is -2.15. The number of aromatic hydroxyl groups is 2. The predicted molar refractivity (Wildman–Crippen MR) is 109 cm³/mol. The minimum Gasteiger partial charge on any atom is -0.507 e. The fourth-order valence-corrected chi connectivity index (χ4v) is 4.27. The van der Waals surface area contributed by atoms with Crippen LogP contribution in [0.4, 0.5) is 0 Å². The van der Waals surface area contributed by atoms with Gasteiger partial charge in [0.15, 0.2) is 5.82 Å². The number of nitrogens with zero attached hydrogens (tertiary/aromatic N) is 2. The van der Waals surface area contributed by atoms with Gasteiger partial charge in [-0.2, -0.15) is 5.10 Å². The number of nitrogens with one attached hydrogen (secondary N) is 2. The summed E-state index contributed by atoms with van der Waals surface area (Å²) < 4.78 is 27.6. The van der Waals surface area contributed by atoms with E-state index in [2.05, 4.69) is 19.9 Å². The van der Waals surface area contributed by atoms with E-state index in [0.29, 0.717) is 11.1 Å². The van der Waals surface area contributed by atoms with Crippen molar-refractivity contribution in [2.45, 2.75) is 31.7 Å². The monoisotopic (exact) mass is 431 g/mol. The lowest BCUT2D eigenvalue weighted by molar-refractivity contribution is 0.0991. The van der Waals surface area contributed by atoms with Crippen LogP contribution < -0.4 is 10.5 Å². The molecule has 10 nitrogen and oxygen atoms in total. The molecule has 0 atom stereocenters. The third-order valence-electron chi connectivity index (χ3n) is 4.26. The van der Waals surface area contributed by atoms with Crippen LogP contribution in [-0.4, -0.2) is 45.8 Å². The molecule has 0 radical (unpaired) electrons. The SMILES string of the molecule is Cc1ccc(-c2n[nH]c(C(N)=O)n2)cc1-c1cc(S(=O)(=O)NC(C)C)c(O)cc1O. The number of H-pyrrole nitrogens is 1. The highest BCUT2D eigenvalue weighted by molar-refractivity contribution is 7.89. The van der Waals surface area contributed by atoms with Gasteiger partial charge in [0.25, 0.3) is 5.91 Å². The van der Waals surface area contributed by atoms with E-state index in [1.165, 1.54) is 6.07 Å². The zero-order valence-corrected chi connectivity index (χ0v) is 17.3. The molecule has 0 saturated carbocycles. The Morgan fingerprint density at radius 1 is 1.13 bits per heavy atom. The minimum atomic E-state index is -4.01. The number of nitrogens with two attached hydrogens (primary N) is 1. The molecule has 1 amide bonds. The maximum absolute atomic E-state index is 12.6. The highest BCUT2D eigenvalue weighted by atomic mass is 32.2. The summed E-state index contributed by atoms with van der Waals surface area (Å²) in [5.41, 5.74) is 7.11. The Morgan fingerprint density at radius 2 is 1.83 bits per heavy atom. The van der Waals surface area contributed by atoms with Gasteiger partial charge in [-0.25, -0.2) is 18.1 Å². The van der Waals surface area contributed by atoms with Crippen molar-refractivity contribution >= 4 is 15.9 Å². The Hall–Kier alpha value is -3.44. The molecule has 0 aliphatic rings. The summed E-state index contributed by atoms with van der Waals surface area (Å²) in [5.74, 6) is -1.53. The lowest BCUT2D eigenvalue weighted by atomic mass is 9.97. The summed E-state index contributed by atoms with van der Waals surface area (Å²) in [7, 11) is -4.01. The van der Waals surface area contributed by atoms with Gasteiger partial charge in [-0.15, -0.1) is 0 Å². The third kappa shape index (κ3) is 4.11. The number of rotatable bonds is 6. The quantitative estimate of drug-likeness (QED) is 0.395. The number of phenolic OH excluding ortho intramolecular Hbond substituents is 2. The standard InChI is InChI=1S/C19H21N5O5S/c1-9(2)24-30(28,29)16-7-13(14(25)8-15(16)26)12-6-11(5-4-10(12)3)18-21-19(17(20)27)23-22-18/h4-9,24-26H,1-3H3,(H2,20,27)(H,21,22,23). The van der Waals surface area contributed by atoms with E-state index in [1.54, 1.807) is 39.0 Å². The Bertz CT molecular complexity index is 1230. The molecule has 2 aromatic carbocycles. The number of hydrogen-bond acceptors (Lipinski definition) is 7. The molecule has 0 fully saturated rings. The summed E-state index contributed by atoms with van der Waals surface area (Å²) in [4.78, 5) is 14.9. The molecular weight excluding hydrogens is 410 g/mol. The molecule has 1 heterocycles. The van der Waals surface area contributed by atoms with Crippen LogP contribution >= 0.6 is 0 Å². The number of carbonyl (C=O) groups is 1. The number of benzene rings is 2. The summed E-state index contributed by atoms with van der Waals surface area (Å²) >= 11 is 0. The van der Waals surface area contributed by atoms with E-state index < -0.39 is 21.7 Å². The van der Waals surface area contributed by atoms with Crippen LogP contribution in [0.3, 0.4) is 0 Å². The van der Waals surface area contributed by atoms with Crippen molar-refractivity contribution in [3.8, 4) is 34.0 Å². The van der Waals surface area contributed by atoms with Crippen LogP contribution in [0.15, 0.2) is 35.2 Å².